The van der Waals surface area contributed by atoms with E-state index in [2.05, 4.69) is 15.5 Å². The van der Waals surface area contributed by atoms with Gasteiger partial charge in [0.1, 0.15) is 0 Å². The molecule has 0 bridgehead atoms. The van der Waals surface area contributed by atoms with Gasteiger partial charge in [-0.25, -0.2) is 0 Å². The Kier molecular flexibility index (Phi) is 5.25. The van der Waals surface area contributed by atoms with Crippen LogP contribution in [0.4, 0.5) is 18.9 Å². The van der Waals surface area contributed by atoms with E-state index in [4.69, 9.17) is 4.42 Å². The van der Waals surface area contributed by atoms with E-state index >= 15 is 0 Å². The molecule has 1 aromatic heterocycles. The number of benzene rings is 2. The summed E-state index contributed by atoms with van der Waals surface area (Å²) in [5.41, 5.74) is 1.14. The smallest absolute Gasteiger partial charge is 0.416 e. The summed E-state index contributed by atoms with van der Waals surface area (Å²) in [5, 5.41) is 10.3. The van der Waals surface area contributed by atoms with E-state index in [1.807, 2.05) is 31.2 Å². The number of alkyl halides is 3. The predicted octanol–water partition coefficient (Wildman–Crippen LogP) is 4.64. The van der Waals surface area contributed by atoms with Gasteiger partial charge in [-0.15, -0.1) is 10.2 Å². The highest BCUT2D eigenvalue weighted by molar-refractivity contribution is 5.90. The highest BCUT2D eigenvalue weighted by Gasteiger charge is 2.30. The summed E-state index contributed by atoms with van der Waals surface area (Å²) in [5.74, 6) is 0.192. The fourth-order valence-electron chi connectivity index (χ4n) is 2.38. The number of carbonyl (C=O) groups excluding carboxylic acids is 1. The van der Waals surface area contributed by atoms with Crippen LogP contribution in [0.5, 0.6) is 0 Å². The van der Waals surface area contributed by atoms with E-state index in [1.54, 1.807) is 0 Å². The summed E-state index contributed by atoms with van der Waals surface area (Å²) >= 11 is 0. The van der Waals surface area contributed by atoms with Crippen LogP contribution in [0.25, 0.3) is 11.5 Å². The number of anilines is 1. The van der Waals surface area contributed by atoms with E-state index in [0.717, 1.165) is 23.3 Å². The second-order valence-corrected chi connectivity index (χ2v) is 5.99. The van der Waals surface area contributed by atoms with Crippen molar-refractivity contribution in [2.75, 3.05) is 5.32 Å². The van der Waals surface area contributed by atoms with Gasteiger partial charge >= 0.3 is 6.18 Å². The highest BCUT2D eigenvalue weighted by atomic mass is 19.4. The van der Waals surface area contributed by atoms with Crippen molar-refractivity contribution in [1.29, 1.82) is 0 Å². The molecule has 1 N–H and O–H groups in total. The van der Waals surface area contributed by atoms with Crippen molar-refractivity contribution in [3.63, 3.8) is 0 Å². The Morgan fingerprint density at radius 3 is 2.56 bits per heavy atom. The van der Waals surface area contributed by atoms with Crippen molar-refractivity contribution in [3.05, 3.63) is 65.5 Å². The summed E-state index contributed by atoms with van der Waals surface area (Å²) in [6.45, 7) is 1.96. The number of aromatic nitrogens is 2. The fourth-order valence-corrected chi connectivity index (χ4v) is 2.38. The lowest BCUT2D eigenvalue weighted by Gasteiger charge is -2.09. The SMILES string of the molecule is Cc1ccc(-c2nnc(CCC(=O)Nc3cccc(C(F)(F)F)c3)o2)cc1. The minimum Gasteiger partial charge on any atom is -0.421 e. The molecule has 0 unspecified atom stereocenters. The Morgan fingerprint density at radius 2 is 1.85 bits per heavy atom. The van der Waals surface area contributed by atoms with Crippen molar-refractivity contribution in [2.45, 2.75) is 25.9 Å². The van der Waals surface area contributed by atoms with Gasteiger partial charge in [-0.3, -0.25) is 4.79 Å². The maximum atomic E-state index is 12.7. The molecule has 3 rings (SSSR count). The maximum Gasteiger partial charge on any atom is 0.416 e. The molecule has 0 radical (unpaired) electrons. The minimum absolute atomic E-state index is 0.00573. The Hall–Kier alpha value is -3.16. The maximum absolute atomic E-state index is 12.7. The van der Waals surface area contributed by atoms with E-state index in [0.29, 0.717) is 5.89 Å². The number of amides is 1. The lowest BCUT2D eigenvalue weighted by atomic mass is 10.1. The molecule has 1 amide bonds. The third-order valence-electron chi connectivity index (χ3n) is 3.80. The van der Waals surface area contributed by atoms with Crippen LogP contribution in [0, 0.1) is 6.92 Å². The van der Waals surface area contributed by atoms with Crippen LogP contribution < -0.4 is 5.32 Å². The van der Waals surface area contributed by atoms with E-state index in [9.17, 15) is 18.0 Å². The molecule has 0 aliphatic heterocycles. The molecule has 140 valence electrons. The van der Waals surface area contributed by atoms with Gasteiger partial charge in [-0.2, -0.15) is 13.2 Å². The van der Waals surface area contributed by atoms with Crippen molar-refractivity contribution in [1.82, 2.24) is 10.2 Å². The van der Waals surface area contributed by atoms with Crippen molar-refractivity contribution in [2.24, 2.45) is 0 Å². The van der Waals surface area contributed by atoms with Gasteiger partial charge in [0.25, 0.3) is 0 Å². The zero-order valence-corrected chi connectivity index (χ0v) is 14.4. The number of nitrogens with one attached hydrogen (secondary N) is 1. The van der Waals surface area contributed by atoms with Crippen LogP contribution in [-0.4, -0.2) is 16.1 Å². The fraction of sp³-hybridized carbons (Fsp3) is 0.211. The summed E-state index contributed by atoms with van der Waals surface area (Å²) < 4.78 is 43.6. The summed E-state index contributed by atoms with van der Waals surface area (Å²) in [4.78, 5) is 12.0. The van der Waals surface area contributed by atoms with Gasteiger partial charge in [0, 0.05) is 24.1 Å². The minimum atomic E-state index is -4.46. The number of carbonyl (C=O) groups is 1. The van der Waals surface area contributed by atoms with E-state index in [1.165, 1.54) is 12.1 Å². The second kappa shape index (κ2) is 7.61. The Bertz CT molecular complexity index is 934. The molecule has 2 aromatic carbocycles. The molecule has 27 heavy (non-hydrogen) atoms. The number of hydrogen-bond acceptors (Lipinski definition) is 4. The van der Waals surface area contributed by atoms with Crippen LogP contribution in [0.1, 0.15) is 23.4 Å². The third-order valence-corrected chi connectivity index (χ3v) is 3.80. The first-order chi connectivity index (χ1) is 12.8. The number of halogens is 3. The van der Waals surface area contributed by atoms with Gasteiger partial charge in [0.2, 0.25) is 17.7 Å². The van der Waals surface area contributed by atoms with Crippen molar-refractivity contribution in [3.8, 4) is 11.5 Å². The number of hydrogen-bond donors (Lipinski definition) is 1. The van der Waals surface area contributed by atoms with Gasteiger partial charge < -0.3 is 9.73 Å². The van der Waals surface area contributed by atoms with Gasteiger partial charge in [-0.1, -0.05) is 23.8 Å². The van der Waals surface area contributed by atoms with E-state index < -0.39 is 17.6 Å². The Morgan fingerprint density at radius 1 is 1.11 bits per heavy atom. The number of rotatable bonds is 5. The summed E-state index contributed by atoms with van der Waals surface area (Å²) in [7, 11) is 0. The average molecular weight is 375 g/mol. The van der Waals surface area contributed by atoms with Crippen molar-refractivity contribution < 1.29 is 22.4 Å². The number of aryl methyl sites for hydroxylation is 2. The number of nitrogens with zero attached hydrogens (tertiary/aromatic N) is 2. The lowest BCUT2D eigenvalue weighted by molar-refractivity contribution is -0.137. The molecular weight excluding hydrogens is 359 g/mol. The van der Waals surface area contributed by atoms with Crippen molar-refractivity contribution >= 4 is 11.6 Å². The standard InChI is InChI=1S/C19H16F3N3O2/c1-12-5-7-13(8-6-12)18-25-24-17(27-18)10-9-16(26)23-15-4-2-3-14(11-15)19(20,21)22/h2-8,11H,9-10H2,1H3,(H,23,26). The largest absolute Gasteiger partial charge is 0.421 e. The zero-order chi connectivity index (χ0) is 19.4. The van der Waals surface area contributed by atoms with Gasteiger partial charge in [0.15, 0.2) is 0 Å². The van der Waals surface area contributed by atoms with Crippen LogP contribution in [0.2, 0.25) is 0 Å². The Labute approximate surface area is 153 Å². The van der Waals surface area contributed by atoms with Gasteiger partial charge in [0.05, 0.1) is 5.56 Å². The monoisotopic (exact) mass is 375 g/mol. The van der Waals surface area contributed by atoms with E-state index in [-0.39, 0.29) is 24.4 Å². The molecule has 0 aliphatic carbocycles. The highest BCUT2D eigenvalue weighted by Crippen LogP contribution is 2.30. The molecule has 0 saturated heterocycles. The molecule has 0 atom stereocenters. The molecule has 8 heteroatoms. The normalized spacial score (nSPS) is 11.4. The second-order valence-electron chi connectivity index (χ2n) is 5.99. The third kappa shape index (κ3) is 4.93. The van der Waals surface area contributed by atoms with Crippen LogP contribution >= 0.6 is 0 Å². The van der Waals surface area contributed by atoms with Crippen LogP contribution in [0.15, 0.2) is 52.9 Å². The molecular formula is C19H16F3N3O2. The first kappa shape index (κ1) is 18.6. The summed E-state index contributed by atoms with van der Waals surface area (Å²) in [6.07, 6.45) is -4.27. The lowest BCUT2D eigenvalue weighted by Crippen LogP contribution is -2.13. The topological polar surface area (TPSA) is 68.0 Å². The Balaban J connectivity index is 1.58. The summed E-state index contributed by atoms with van der Waals surface area (Å²) in [6, 6.07) is 12.0. The first-order valence-corrected chi connectivity index (χ1v) is 8.18. The molecule has 3 aromatic rings. The van der Waals surface area contributed by atoms with Crippen LogP contribution in [-0.2, 0) is 17.4 Å². The quantitative estimate of drug-likeness (QED) is 0.706. The van der Waals surface area contributed by atoms with Crippen LogP contribution in [0.3, 0.4) is 0 Å². The molecule has 0 saturated carbocycles. The molecule has 0 fully saturated rings. The van der Waals surface area contributed by atoms with Gasteiger partial charge in [-0.05, 0) is 37.3 Å². The molecule has 5 nitrogen and oxygen atoms in total. The molecule has 0 aliphatic rings. The molecule has 0 spiro atoms. The zero-order valence-electron chi connectivity index (χ0n) is 14.4. The first-order valence-electron chi connectivity index (χ1n) is 8.18. The average Bonchev–Trinajstić information content (AvgIpc) is 3.09. The predicted molar refractivity (Wildman–Crippen MR) is 92.9 cm³/mol. The molecule has 1 heterocycles.